The second kappa shape index (κ2) is 12.8. The highest BCUT2D eigenvalue weighted by atomic mass is 19.1. The lowest BCUT2D eigenvalue weighted by Gasteiger charge is -2.24. The maximum Gasteiger partial charge on any atom is 0.250 e. The zero-order chi connectivity index (χ0) is 28.7. The Bertz CT molecular complexity index is 1300. The van der Waals surface area contributed by atoms with Crippen molar-refractivity contribution in [1.29, 1.82) is 0 Å². The summed E-state index contributed by atoms with van der Waals surface area (Å²) in [5.74, 6) is -1.43. The number of amides is 3. The third kappa shape index (κ3) is 7.51. The number of carbonyl (C=O) groups is 3. The Hall–Kier alpha value is -4.09. The fourth-order valence-electron chi connectivity index (χ4n) is 4.35. The molecule has 2 heterocycles. The number of rotatable bonds is 11. The normalized spacial score (nSPS) is 14.9. The van der Waals surface area contributed by atoms with Crippen molar-refractivity contribution >= 4 is 23.5 Å². The van der Waals surface area contributed by atoms with Crippen LogP contribution in [0.3, 0.4) is 0 Å². The molecule has 1 saturated heterocycles. The molecule has 0 radical (unpaired) electrons. The Morgan fingerprint density at radius 2 is 1.75 bits per heavy atom. The number of nitrogens with two attached hydrogens (primary N) is 1. The molecule has 0 saturated carbocycles. The van der Waals surface area contributed by atoms with Gasteiger partial charge in [0.05, 0.1) is 25.1 Å². The van der Waals surface area contributed by atoms with E-state index in [9.17, 15) is 18.8 Å². The van der Waals surface area contributed by atoms with Crippen LogP contribution in [-0.2, 0) is 25.7 Å². The summed E-state index contributed by atoms with van der Waals surface area (Å²) in [6.45, 7) is 4.52. The van der Waals surface area contributed by atoms with Crippen molar-refractivity contribution in [2.75, 3.05) is 25.0 Å². The fourth-order valence-corrected chi connectivity index (χ4v) is 4.35. The third-order valence-electron chi connectivity index (χ3n) is 6.59. The smallest absolute Gasteiger partial charge is 0.250 e. The van der Waals surface area contributed by atoms with E-state index < -0.39 is 35.3 Å². The summed E-state index contributed by atoms with van der Waals surface area (Å²) in [6.07, 6.45) is 4.83. The lowest BCUT2D eigenvalue weighted by molar-refractivity contribution is -0.132. The van der Waals surface area contributed by atoms with Gasteiger partial charge in [-0.2, -0.15) is 0 Å². The largest absolute Gasteiger partial charge is 0.374 e. The molecule has 0 bridgehead atoms. The van der Waals surface area contributed by atoms with Crippen LogP contribution in [0.25, 0.3) is 0 Å². The Balaban J connectivity index is 1.50. The number of halogens is 1. The van der Waals surface area contributed by atoms with Crippen molar-refractivity contribution in [3.05, 3.63) is 84.1 Å². The highest BCUT2D eigenvalue weighted by molar-refractivity contribution is 5.98. The number of aromatic nitrogens is 2. The number of nitrogens with one attached hydrogen (secondary N) is 2. The van der Waals surface area contributed by atoms with Crippen LogP contribution in [0.4, 0.5) is 10.2 Å². The minimum atomic E-state index is -1.21. The van der Waals surface area contributed by atoms with Gasteiger partial charge in [-0.25, -0.2) is 9.37 Å². The number of imidazole rings is 1. The minimum Gasteiger partial charge on any atom is -0.374 e. The Morgan fingerprint density at radius 3 is 2.40 bits per heavy atom. The quantitative estimate of drug-likeness (QED) is 0.336. The van der Waals surface area contributed by atoms with Gasteiger partial charge in [0.25, 0.3) is 5.91 Å². The summed E-state index contributed by atoms with van der Waals surface area (Å²) in [7, 11) is 0. The van der Waals surface area contributed by atoms with Gasteiger partial charge in [0, 0.05) is 19.3 Å². The molecular weight excluding hydrogens is 515 g/mol. The number of anilines is 1. The van der Waals surface area contributed by atoms with E-state index in [-0.39, 0.29) is 24.9 Å². The zero-order valence-electron chi connectivity index (χ0n) is 22.7. The fraction of sp³-hybridized carbons (Fsp3) is 0.379. The molecule has 0 aliphatic carbocycles. The van der Waals surface area contributed by atoms with Crippen LogP contribution in [0.1, 0.15) is 43.9 Å². The molecule has 2 unspecified atom stereocenters. The summed E-state index contributed by atoms with van der Waals surface area (Å²) in [5, 5.41) is 5.35. The number of benzene rings is 2. The first-order valence-corrected chi connectivity index (χ1v) is 13.2. The lowest BCUT2D eigenvalue weighted by atomic mass is 10.1. The molecule has 4 N–H and O–H groups in total. The Labute approximate surface area is 232 Å². The molecule has 2 atom stereocenters. The molecule has 10 nitrogen and oxygen atoms in total. The van der Waals surface area contributed by atoms with Gasteiger partial charge in [-0.05, 0) is 49.9 Å². The first kappa shape index (κ1) is 28.9. The van der Waals surface area contributed by atoms with Crippen LogP contribution in [0.15, 0.2) is 67.1 Å². The van der Waals surface area contributed by atoms with Gasteiger partial charge in [0.1, 0.15) is 17.9 Å². The van der Waals surface area contributed by atoms with Crippen LogP contribution >= 0.6 is 0 Å². The van der Waals surface area contributed by atoms with Gasteiger partial charge >= 0.3 is 0 Å². The van der Waals surface area contributed by atoms with E-state index in [1.54, 1.807) is 21.6 Å². The topological polar surface area (TPSA) is 132 Å². The van der Waals surface area contributed by atoms with E-state index in [2.05, 4.69) is 15.6 Å². The molecule has 2 aromatic carbocycles. The highest BCUT2D eigenvalue weighted by Crippen LogP contribution is 2.25. The average Bonchev–Trinajstić information content (AvgIpc) is 3.62. The molecule has 3 amide bonds. The summed E-state index contributed by atoms with van der Waals surface area (Å²) in [6, 6.07) is 13.4. The maximum absolute atomic E-state index is 13.6. The molecule has 3 aromatic rings. The number of nitrogens with zero attached hydrogens (tertiary/aromatic N) is 3. The number of hydrogen-bond donors (Lipinski definition) is 3. The second-order valence-electron chi connectivity index (χ2n) is 10.4. The first-order valence-electron chi connectivity index (χ1n) is 13.2. The van der Waals surface area contributed by atoms with Crippen molar-refractivity contribution in [1.82, 2.24) is 19.8 Å². The molecule has 1 fully saturated rings. The summed E-state index contributed by atoms with van der Waals surface area (Å²) in [5.41, 5.74) is 6.22. The van der Waals surface area contributed by atoms with Gasteiger partial charge in [-0.1, -0.05) is 42.5 Å². The lowest BCUT2D eigenvalue weighted by Crippen LogP contribution is -2.56. The van der Waals surface area contributed by atoms with E-state index in [4.69, 9.17) is 10.5 Å². The first-order chi connectivity index (χ1) is 19.1. The van der Waals surface area contributed by atoms with E-state index in [1.165, 1.54) is 38.5 Å². The molecule has 1 aliphatic heterocycles. The van der Waals surface area contributed by atoms with Crippen molar-refractivity contribution in [2.45, 2.75) is 50.9 Å². The number of hydrogen-bond acceptors (Lipinski definition) is 6. The van der Waals surface area contributed by atoms with E-state index in [1.807, 2.05) is 30.3 Å². The van der Waals surface area contributed by atoms with Crippen LogP contribution in [0.2, 0.25) is 0 Å². The summed E-state index contributed by atoms with van der Waals surface area (Å²) < 4.78 is 20.9. The number of ether oxygens (including phenoxy) is 1. The van der Waals surface area contributed by atoms with E-state index in [0.717, 1.165) is 18.4 Å². The van der Waals surface area contributed by atoms with Crippen LogP contribution in [0.5, 0.6) is 0 Å². The molecule has 4 rings (SSSR count). The van der Waals surface area contributed by atoms with Crippen molar-refractivity contribution in [3.63, 3.8) is 0 Å². The molecular formula is C29H35FN6O4. The SMILES string of the molecule is CC(C)(N)C(=O)NC(COCc1ccccc1)C(=O)Nc1cn(C(C(=O)N2CCCC2)c2ccc(F)cc2)cn1. The maximum atomic E-state index is 13.6. The van der Waals surface area contributed by atoms with Crippen LogP contribution in [0, 0.1) is 5.82 Å². The van der Waals surface area contributed by atoms with Gasteiger partial charge in [-0.15, -0.1) is 0 Å². The van der Waals surface area contributed by atoms with Crippen molar-refractivity contribution < 1.29 is 23.5 Å². The Kier molecular flexibility index (Phi) is 9.28. The highest BCUT2D eigenvalue weighted by Gasteiger charge is 2.31. The molecule has 212 valence electrons. The predicted octanol–water partition coefficient (Wildman–Crippen LogP) is 2.61. The van der Waals surface area contributed by atoms with E-state index in [0.29, 0.717) is 18.7 Å². The number of carbonyl (C=O) groups excluding carboxylic acids is 3. The monoisotopic (exact) mass is 550 g/mol. The molecule has 1 aliphatic rings. The summed E-state index contributed by atoms with van der Waals surface area (Å²) in [4.78, 5) is 45.3. The molecule has 11 heteroatoms. The predicted molar refractivity (Wildman–Crippen MR) is 148 cm³/mol. The van der Waals surface area contributed by atoms with Gasteiger partial charge in [0.2, 0.25) is 11.8 Å². The third-order valence-corrected chi connectivity index (χ3v) is 6.59. The van der Waals surface area contributed by atoms with Crippen LogP contribution in [-0.4, -0.2) is 63.4 Å². The standard InChI is InChI=1S/C29H35FN6O4/c1-29(2,31)28(39)33-23(18-40-17-20-8-4-3-5-9-20)26(37)34-24-16-36(19-32-24)25(21-10-12-22(30)13-11-21)27(38)35-14-6-7-15-35/h3-5,8-13,16,19,23,25H,6-7,14-15,17-18,31H2,1-2H3,(H,33,39)(H,34,37). The van der Waals surface area contributed by atoms with Gasteiger partial charge in [-0.3, -0.25) is 14.4 Å². The zero-order valence-corrected chi connectivity index (χ0v) is 22.7. The molecule has 40 heavy (non-hydrogen) atoms. The number of likely N-dealkylation sites (tertiary alicyclic amines) is 1. The van der Waals surface area contributed by atoms with Crippen molar-refractivity contribution in [2.24, 2.45) is 5.73 Å². The van der Waals surface area contributed by atoms with Crippen LogP contribution < -0.4 is 16.4 Å². The Morgan fingerprint density at radius 1 is 1.07 bits per heavy atom. The summed E-state index contributed by atoms with van der Waals surface area (Å²) >= 11 is 0. The van der Waals surface area contributed by atoms with Gasteiger partial charge < -0.3 is 30.6 Å². The van der Waals surface area contributed by atoms with E-state index >= 15 is 0 Å². The molecule has 0 spiro atoms. The van der Waals surface area contributed by atoms with Crippen molar-refractivity contribution in [3.8, 4) is 0 Å². The minimum absolute atomic E-state index is 0.102. The second-order valence-corrected chi connectivity index (χ2v) is 10.4. The molecule has 1 aromatic heterocycles. The van der Waals surface area contributed by atoms with Gasteiger partial charge in [0.15, 0.2) is 5.82 Å². The average molecular weight is 551 g/mol.